The zero-order chi connectivity index (χ0) is 18.9. The van der Waals surface area contributed by atoms with Gasteiger partial charge >= 0.3 is 0 Å². The lowest BCUT2D eigenvalue weighted by molar-refractivity contribution is -0.00696. The average Bonchev–Trinajstić information content (AvgIpc) is 3.28. The van der Waals surface area contributed by atoms with Gasteiger partial charge in [0, 0.05) is 22.6 Å². The number of halogens is 1. The maximum atomic E-state index is 5.23. The fourth-order valence-electron chi connectivity index (χ4n) is 7.05. The lowest BCUT2D eigenvalue weighted by Crippen LogP contribution is -2.48. The van der Waals surface area contributed by atoms with Gasteiger partial charge in [0.15, 0.2) is 4.96 Å². The predicted octanol–water partition coefficient (Wildman–Crippen LogP) is 7.08. The Labute approximate surface area is 184 Å². The van der Waals surface area contributed by atoms with Crippen LogP contribution in [-0.2, 0) is 18.3 Å². The van der Waals surface area contributed by atoms with E-state index in [4.69, 9.17) is 4.98 Å². The summed E-state index contributed by atoms with van der Waals surface area (Å²) in [5.41, 5.74) is 7.41. The Morgan fingerprint density at radius 1 is 1.03 bits per heavy atom. The maximum Gasteiger partial charge on any atom is 0.194 e. The number of nitrogens with zero attached hydrogens (tertiary/aromatic N) is 2. The fraction of sp³-hybridized carbons (Fsp3) is 0.560. The van der Waals surface area contributed by atoms with Crippen molar-refractivity contribution in [2.45, 2.75) is 70.6 Å². The molecular weight excluding hydrogens is 396 g/mol. The highest BCUT2D eigenvalue weighted by molar-refractivity contribution is 7.15. The van der Waals surface area contributed by atoms with Crippen LogP contribution in [0.4, 0.5) is 0 Å². The fourth-order valence-corrected chi connectivity index (χ4v) is 7.92. The first-order chi connectivity index (χ1) is 13.7. The second-order valence-corrected chi connectivity index (χ2v) is 10.6. The number of aryl methyl sites for hydroxylation is 2. The van der Waals surface area contributed by atoms with Gasteiger partial charge in [-0.2, -0.15) is 0 Å². The molecule has 0 radical (unpaired) electrons. The third-order valence-electron chi connectivity index (χ3n) is 8.03. The van der Waals surface area contributed by atoms with E-state index in [-0.39, 0.29) is 12.4 Å². The zero-order valence-electron chi connectivity index (χ0n) is 17.5. The van der Waals surface area contributed by atoms with Crippen LogP contribution in [-0.4, -0.2) is 9.38 Å². The van der Waals surface area contributed by atoms with Gasteiger partial charge in [-0.05, 0) is 86.3 Å². The van der Waals surface area contributed by atoms with Gasteiger partial charge in [-0.3, -0.25) is 4.40 Å². The molecule has 2 nitrogen and oxygen atoms in total. The van der Waals surface area contributed by atoms with Crippen molar-refractivity contribution >= 4 is 28.7 Å². The van der Waals surface area contributed by atoms with Crippen LogP contribution in [0.5, 0.6) is 0 Å². The Morgan fingerprint density at radius 3 is 2.34 bits per heavy atom. The van der Waals surface area contributed by atoms with Crippen molar-refractivity contribution in [2.75, 3.05) is 0 Å². The molecule has 0 atom stereocenters. The quantitative estimate of drug-likeness (QED) is 0.435. The van der Waals surface area contributed by atoms with Crippen LogP contribution < -0.4 is 0 Å². The molecule has 0 amide bonds. The Morgan fingerprint density at radius 2 is 1.72 bits per heavy atom. The SMILES string of the molecule is CCc1ccc(CC)c(-c2csc3nc(C45CC6CC(CC(C6)C4)C5)cn23)c1.Cl. The van der Waals surface area contributed by atoms with Crippen LogP contribution in [0.3, 0.4) is 0 Å². The first-order valence-electron chi connectivity index (χ1n) is 11.3. The Balaban J connectivity index is 0.00000181. The van der Waals surface area contributed by atoms with Crippen molar-refractivity contribution in [1.82, 2.24) is 9.38 Å². The Hall–Kier alpha value is -1.32. The molecule has 0 unspecified atom stereocenters. The topological polar surface area (TPSA) is 17.3 Å². The van der Waals surface area contributed by atoms with E-state index in [2.05, 4.69) is 48.0 Å². The lowest BCUT2D eigenvalue weighted by Gasteiger charge is -2.56. The molecule has 0 N–H and O–H groups in total. The molecular formula is C25H31ClN2S. The van der Waals surface area contributed by atoms with E-state index >= 15 is 0 Å². The summed E-state index contributed by atoms with van der Waals surface area (Å²) in [7, 11) is 0. The molecule has 0 saturated heterocycles. The van der Waals surface area contributed by atoms with E-state index in [0.717, 1.165) is 30.6 Å². The van der Waals surface area contributed by atoms with Gasteiger partial charge in [-0.15, -0.1) is 23.7 Å². The van der Waals surface area contributed by atoms with Crippen molar-refractivity contribution < 1.29 is 0 Å². The number of hydrogen-bond donors (Lipinski definition) is 0. The number of aromatic nitrogens is 2. The number of benzene rings is 1. The summed E-state index contributed by atoms with van der Waals surface area (Å²) in [6.45, 7) is 4.51. The van der Waals surface area contributed by atoms with E-state index in [1.807, 2.05) is 11.3 Å². The summed E-state index contributed by atoms with van der Waals surface area (Å²) in [5, 5.41) is 2.32. The summed E-state index contributed by atoms with van der Waals surface area (Å²) >= 11 is 1.82. The molecule has 7 rings (SSSR count). The molecule has 4 aliphatic carbocycles. The summed E-state index contributed by atoms with van der Waals surface area (Å²) in [6, 6.07) is 7.03. The van der Waals surface area contributed by atoms with Gasteiger partial charge in [-0.25, -0.2) is 4.98 Å². The van der Waals surface area contributed by atoms with Gasteiger partial charge < -0.3 is 0 Å². The van der Waals surface area contributed by atoms with Crippen molar-refractivity contribution in [3.63, 3.8) is 0 Å². The highest BCUT2D eigenvalue weighted by atomic mass is 35.5. The molecule has 29 heavy (non-hydrogen) atoms. The van der Waals surface area contributed by atoms with Crippen molar-refractivity contribution in [2.24, 2.45) is 17.8 Å². The molecule has 4 heteroatoms. The second kappa shape index (κ2) is 7.13. The number of imidazole rings is 1. The molecule has 154 valence electrons. The van der Waals surface area contributed by atoms with E-state index in [9.17, 15) is 0 Å². The third-order valence-corrected chi connectivity index (χ3v) is 8.87. The van der Waals surface area contributed by atoms with Crippen LogP contribution in [0.2, 0.25) is 0 Å². The number of rotatable bonds is 4. The van der Waals surface area contributed by atoms with Crippen molar-refractivity contribution in [3.8, 4) is 11.3 Å². The molecule has 4 bridgehead atoms. The Kier molecular flexibility index (Phi) is 4.83. The molecule has 3 aromatic rings. The minimum absolute atomic E-state index is 0. The highest BCUT2D eigenvalue weighted by Gasteiger charge is 2.52. The summed E-state index contributed by atoms with van der Waals surface area (Å²) in [6.07, 6.45) is 13.3. The number of hydrogen-bond acceptors (Lipinski definition) is 2. The van der Waals surface area contributed by atoms with Gasteiger partial charge in [0.1, 0.15) is 0 Å². The monoisotopic (exact) mass is 426 g/mol. The molecule has 2 heterocycles. The first-order valence-corrected chi connectivity index (χ1v) is 12.1. The molecule has 2 aromatic heterocycles. The van der Waals surface area contributed by atoms with Crippen molar-refractivity contribution in [3.05, 3.63) is 46.6 Å². The van der Waals surface area contributed by atoms with Crippen LogP contribution in [0.15, 0.2) is 29.8 Å². The number of fused-ring (bicyclic) bond motifs is 1. The van der Waals surface area contributed by atoms with Gasteiger partial charge in [0.05, 0.1) is 11.4 Å². The maximum absolute atomic E-state index is 5.23. The van der Waals surface area contributed by atoms with Crippen LogP contribution in [0, 0.1) is 17.8 Å². The van der Waals surface area contributed by atoms with Gasteiger partial charge in [0.25, 0.3) is 0 Å². The molecule has 0 spiro atoms. The summed E-state index contributed by atoms with van der Waals surface area (Å²) in [4.78, 5) is 6.41. The minimum Gasteiger partial charge on any atom is -0.290 e. The number of thiazole rings is 1. The lowest BCUT2D eigenvalue weighted by atomic mass is 9.49. The summed E-state index contributed by atoms with van der Waals surface area (Å²) in [5.74, 6) is 2.91. The second-order valence-electron chi connectivity index (χ2n) is 9.80. The predicted molar refractivity (Wildman–Crippen MR) is 124 cm³/mol. The normalized spacial score (nSPS) is 30.1. The van der Waals surface area contributed by atoms with E-state index in [1.165, 1.54) is 71.6 Å². The van der Waals surface area contributed by atoms with Crippen LogP contribution in [0.1, 0.15) is 69.2 Å². The van der Waals surface area contributed by atoms with Crippen LogP contribution in [0.25, 0.3) is 16.2 Å². The van der Waals surface area contributed by atoms with Crippen LogP contribution >= 0.6 is 23.7 Å². The third kappa shape index (κ3) is 2.99. The highest BCUT2D eigenvalue weighted by Crippen LogP contribution is 2.60. The molecule has 1 aromatic carbocycles. The van der Waals surface area contributed by atoms with E-state index in [0.29, 0.717) is 5.41 Å². The molecule has 4 saturated carbocycles. The summed E-state index contributed by atoms with van der Waals surface area (Å²) < 4.78 is 2.41. The standard InChI is InChI=1S/C25H30N2S.ClH/c1-3-16-5-6-20(4-2)21(10-16)22-15-28-24-26-23(14-27(22)24)25-11-17-7-18(12-25)9-19(8-17)13-25;/h5-6,10,14-15,17-19H,3-4,7-9,11-13H2,1-2H3;1H. The van der Waals surface area contributed by atoms with E-state index in [1.54, 1.807) is 0 Å². The van der Waals surface area contributed by atoms with Gasteiger partial charge in [-0.1, -0.05) is 26.0 Å². The average molecular weight is 427 g/mol. The molecule has 4 fully saturated rings. The smallest absolute Gasteiger partial charge is 0.194 e. The molecule has 0 aliphatic heterocycles. The first kappa shape index (κ1) is 19.6. The van der Waals surface area contributed by atoms with E-state index < -0.39 is 0 Å². The van der Waals surface area contributed by atoms with Crippen molar-refractivity contribution in [1.29, 1.82) is 0 Å². The molecule has 4 aliphatic rings. The zero-order valence-corrected chi connectivity index (χ0v) is 19.1. The minimum atomic E-state index is 0. The largest absolute Gasteiger partial charge is 0.290 e. The Bertz CT molecular complexity index is 1010. The van der Waals surface area contributed by atoms with Gasteiger partial charge in [0.2, 0.25) is 0 Å².